The van der Waals surface area contributed by atoms with Gasteiger partial charge in [-0.15, -0.1) is 0 Å². The zero-order valence-electron chi connectivity index (χ0n) is 15.0. The summed E-state index contributed by atoms with van der Waals surface area (Å²) in [7, 11) is 0. The molecule has 27 heavy (non-hydrogen) atoms. The molecular weight excluding hydrogens is 338 g/mol. The van der Waals surface area contributed by atoms with E-state index in [-0.39, 0.29) is 0 Å². The molecule has 0 saturated carbocycles. The van der Waals surface area contributed by atoms with Gasteiger partial charge in [0.2, 0.25) is 0 Å². The van der Waals surface area contributed by atoms with E-state index in [1.807, 2.05) is 95.9 Å². The zero-order valence-corrected chi connectivity index (χ0v) is 15.0. The molecule has 4 nitrogen and oxygen atoms in total. The summed E-state index contributed by atoms with van der Waals surface area (Å²) in [4.78, 5) is 13.7. The van der Waals surface area contributed by atoms with Gasteiger partial charge in [-0.1, -0.05) is 91.0 Å². The first-order chi connectivity index (χ1) is 13.1. The molecule has 0 fully saturated rings. The van der Waals surface area contributed by atoms with Gasteiger partial charge in [0, 0.05) is 13.1 Å². The molecule has 4 heteroatoms. The fraction of sp³-hybridized carbons (Fsp3) is 0.174. The van der Waals surface area contributed by atoms with Crippen molar-refractivity contribution >= 4 is 5.97 Å². The highest BCUT2D eigenvalue weighted by atomic mass is 16.4. The van der Waals surface area contributed by atoms with Crippen LogP contribution in [0, 0.1) is 0 Å². The molecule has 0 aliphatic carbocycles. The highest BCUT2D eigenvalue weighted by molar-refractivity contribution is 5.73. The normalized spacial score (nSPS) is 13.3. The molecule has 2 unspecified atom stereocenters. The van der Waals surface area contributed by atoms with Gasteiger partial charge in [-0.2, -0.15) is 0 Å². The third-order valence-corrected chi connectivity index (χ3v) is 4.54. The Labute approximate surface area is 159 Å². The minimum atomic E-state index is -1.53. The quantitative estimate of drug-likeness (QED) is 0.639. The molecule has 0 spiro atoms. The second kappa shape index (κ2) is 9.12. The van der Waals surface area contributed by atoms with E-state index in [0.29, 0.717) is 13.1 Å². The van der Waals surface area contributed by atoms with Gasteiger partial charge < -0.3 is 10.2 Å². The lowest BCUT2D eigenvalue weighted by Crippen LogP contribution is -2.40. The van der Waals surface area contributed by atoms with Gasteiger partial charge in [0.1, 0.15) is 0 Å². The number of hydrogen-bond donors (Lipinski definition) is 2. The molecule has 138 valence electrons. The summed E-state index contributed by atoms with van der Waals surface area (Å²) < 4.78 is 0. The molecule has 3 aromatic rings. The summed E-state index contributed by atoms with van der Waals surface area (Å²) in [6, 6.07) is 28.4. The Hall–Kier alpha value is -2.95. The van der Waals surface area contributed by atoms with Crippen LogP contribution in [0.4, 0.5) is 0 Å². The van der Waals surface area contributed by atoms with Gasteiger partial charge >= 0.3 is 5.97 Å². The van der Waals surface area contributed by atoms with Crippen LogP contribution in [0.25, 0.3) is 0 Å². The Kier molecular flexibility index (Phi) is 6.36. The number of nitrogens with zero attached hydrogens (tertiary/aromatic N) is 1. The average molecular weight is 361 g/mol. The van der Waals surface area contributed by atoms with Crippen molar-refractivity contribution < 1.29 is 15.0 Å². The molecular formula is C23H23NO3. The molecule has 0 radical (unpaired) electrons. The minimum absolute atomic E-state index is 0.527. The predicted molar refractivity (Wildman–Crippen MR) is 105 cm³/mol. The van der Waals surface area contributed by atoms with Crippen LogP contribution in [-0.2, 0) is 17.9 Å². The Balaban J connectivity index is 1.99. The van der Waals surface area contributed by atoms with Crippen LogP contribution in [0.1, 0.15) is 22.7 Å². The summed E-state index contributed by atoms with van der Waals surface area (Å²) in [5.41, 5.74) is 2.90. The fourth-order valence-electron chi connectivity index (χ4n) is 3.27. The van der Waals surface area contributed by atoms with Gasteiger partial charge in [-0.25, -0.2) is 4.79 Å². The molecule has 2 atom stereocenters. The smallest absolute Gasteiger partial charge is 0.334 e. The molecule has 2 N–H and O–H groups in total. The zero-order chi connectivity index (χ0) is 19.1. The number of carbonyl (C=O) groups is 1. The van der Waals surface area contributed by atoms with Crippen molar-refractivity contribution in [2.45, 2.75) is 25.2 Å². The lowest BCUT2D eigenvalue weighted by atomic mass is 9.98. The molecule has 0 bridgehead atoms. The minimum Gasteiger partial charge on any atom is -0.479 e. The summed E-state index contributed by atoms with van der Waals surface area (Å²) >= 11 is 0. The van der Waals surface area contributed by atoms with Crippen molar-refractivity contribution in [1.29, 1.82) is 0 Å². The molecule has 0 aliphatic rings. The molecule has 0 aromatic heterocycles. The summed E-state index contributed by atoms with van der Waals surface area (Å²) in [6.45, 7) is 1.05. The molecule has 0 aliphatic heterocycles. The van der Waals surface area contributed by atoms with Crippen molar-refractivity contribution in [3.63, 3.8) is 0 Å². The maximum Gasteiger partial charge on any atom is 0.334 e. The number of rotatable bonds is 8. The van der Waals surface area contributed by atoms with E-state index >= 15 is 0 Å². The van der Waals surface area contributed by atoms with E-state index in [1.165, 1.54) is 0 Å². The molecule has 3 rings (SSSR count). The number of aliphatic carboxylic acids is 1. The number of carboxylic acid groups (broad SMARTS) is 1. The Morgan fingerprint density at radius 1 is 0.741 bits per heavy atom. The lowest BCUT2D eigenvalue weighted by molar-refractivity contribution is -0.151. The lowest BCUT2D eigenvalue weighted by Gasteiger charge is -2.34. The second-order valence-electron chi connectivity index (χ2n) is 6.51. The monoisotopic (exact) mass is 361 g/mol. The standard InChI is InChI=1S/C23H23NO3/c25-22(23(26)27)21(20-14-8-3-9-15-20)24(16-18-10-4-1-5-11-18)17-19-12-6-2-7-13-19/h1-15,21-22,25H,16-17H2,(H,26,27). The van der Waals surface area contributed by atoms with Crippen LogP contribution in [0.3, 0.4) is 0 Å². The average Bonchev–Trinajstić information content (AvgIpc) is 2.70. The highest BCUT2D eigenvalue weighted by Gasteiger charge is 2.32. The van der Waals surface area contributed by atoms with Crippen LogP contribution in [-0.4, -0.2) is 27.2 Å². The predicted octanol–water partition coefficient (Wildman–Crippen LogP) is 3.88. The Bertz CT molecular complexity index is 796. The van der Waals surface area contributed by atoms with Crippen molar-refractivity contribution in [3.8, 4) is 0 Å². The van der Waals surface area contributed by atoms with Crippen molar-refractivity contribution in [3.05, 3.63) is 108 Å². The Morgan fingerprint density at radius 2 is 1.15 bits per heavy atom. The Morgan fingerprint density at radius 3 is 1.56 bits per heavy atom. The summed E-state index contributed by atoms with van der Waals surface area (Å²) in [5.74, 6) is -1.23. The number of aliphatic hydroxyl groups excluding tert-OH is 1. The van der Waals surface area contributed by atoms with E-state index in [2.05, 4.69) is 0 Å². The van der Waals surface area contributed by atoms with Crippen molar-refractivity contribution in [2.24, 2.45) is 0 Å². The maximum atomic E-state index is 11.6. The van der Waals surface area contributed by atoms with E-state index in [9.17, 15) is 15.0 Å². The van der Waals surface area contributed by atoms with Gasteiger partial charge in [0.05, 0.1) is 6.04 Å². The van der Waals surface area contributed by atoms with Crippen LogP contribution in [0.15, 0.2) is 91.0 Å². The topological polar surface area (TPSA) is 60.8 Å². The summed E-state index contributed by atoms with van der Waals surface area (Å²) in [5, 5.41) is 20.0. The van der Waals surface area contributed by atoms with Gasteiger partial charge in [0.15, 0.2) is 6.10 Å². The fourth-order valence-corrected chi connectivity index (χ4v) is 3.27. The third kappa shape index (κ3) is 5.03. The maximum absolute atomic E-state index is 11.6. The molecule has 0 amide bonds. The van der Waals surface area contributed by atoms with Crippen LogP contribution < -0.4 is 0 Å². The second-order valence-corrected chi connectivity index (χ2v) is 6.51. The first-order valence-corrected chi connectivity index (χ1v) is 8.93. The van der Waals surface area contributed by atoms with Gasteiger partial charge in [-0.3, -0.25) is 4.90 Å². The van der Waals surface area contributed by atoms with Crippen LogP contribution in [0.2, 0.25) is 0 Å². The van der Waals surface area contributed by atoms with E-state index in [1.54, 1.807) is 0 Å². The van der Waals surface area contributed by atoms with E-state index in [4.69, 9.17) is 0 Å². The van der Waals surface area contributed by atoms with E-state index in [0.717, 1.165) is 16.7 Å². The molecule has 3 aromatic carbocycles. The van der Waals surface area contributed by atoms with E-state index < -0.39 is 18.1 Å². The van der Waals surface area contributed by atoms with Crippen LogP contribution in [0.5, 0.6) is 0 Å². The molecule has 0 heterocycles. The van der Waals surface area contributed by atoms with Crippen LogP contribution >= 0.6 is 0 Å². The highest BCUT2D eigenvalue weighted by Crippen LogP contribution is 2.28. The van der Waals surface area contributed by atoms with Crippen molar-refractivity contribution in [1.82, 2.24) is 4.90 Å². The number of carboxylic acids is 1. The third-order valence-electron chi connectivity index (χ3n) is 4.54. The van der Waals surface area contributed by atoms with Gasteiger partial charge in [-0.05, 0) is 16.7 Å². The SMILES string of the molecule is O=C(O)C(O)C(c1ccccc1)N(Cc1ccccc1)Cc1ccccc1. The number of benzene rings is 3. The first-order valence-electron chi connectivity index (χ1n) is 8.93. The first kappa shape index (κ1) is 18.8. The number of hydrogen-bond acceptors (Lipinski definition) is 3. The number of aliphatic hydroxyl groups is 1. The van der Waals surface area contributed by atoms with Crippen molar-refractivity contribution in [2.75, 3.05) is 0 Å². The molecule has 0 saturated heterocycles. The van der Waals surface area contributed by atoms with Gasteiger partial charge in [0.25, 0.3) is 0 Å². The largest absolute Gasteiger partial charge is 0.479 e. The summed E-state index contributed by atoms with van der Waals surface area (Å²) in [6.07, 6.45) is -1.53.